The van der Waals surface area contributed by atoms with E-state index in [4.69, 9.17) is 15.0 Å². The van der Waals surface area contributed by atoms with Gasteiger partial charge in [-0.2, -0.15) is 0 Å². The van der Waals surface area contributed by atoms with E-state index in [1.165, 1.54) is 5.56 Å². The Morgan fingerprint density at radius 2 is 1.74 bits per heavy atom. The quantitative estimate of drug-likeness (QED) is 0.866. The Kier molecular flexibility index (Phi) is 4.58. The van der Waals surface area contributed by atoms with Gasteiger partial charge in [-0.3, -0.25) is 4.90 Å². The highest BCUT2D eigenvalue weighted by molar-refractivity contribution is 6.62. The zero-order valence-corrected chi connectivity index (χ0v) is 14.8. The van der Waals surface area contributed by atoms with Crippen molar-refractivity contribution in [2.24, 2.45) is 5.73 Å². The Morgan fingerprint density at radius 3 is 2.35 bits per heavy atom. The third kappa shape index (κ3) is 3.63. The highest BCUT2D eigenvalue weighted by Gasteiger charge is 2.51. The van der Waals surface area contributed by atoms with Crippen molar-refractivity contribution in [2.45, 2.75) is 64.3 Å². The van der Waals surface area contributed by atoms with Gasteiger partial charge in [-0.05, 0) is 64.7 Å². The summed E-state index contributed by atoms with van der Waals surface area (Å²) in [5.41, 5.74) is 7.82. The molecule has 2 aliphatic rings. The van der Waals surface area contributed by atoms with Crippen LogP contribution in [0.1, 0.15) is 46.1 Å². The van der Waals surface area contributed by atoms with Gasteiger partial charge in [0.15, 0.2) is 0 Å². The SMILES string of the molecule is CC1(C)OB(c2cccc(CN3CCC(N)CC3)c2)OC1(C)C. The molecule has 0 radical (unpaired) electrons. The molecule has 0 bridgehead atoms. The standard InChI is InChI=1S/C18H29BN2O2/c1-17(2)18(3,4)23-19(22-17)15-7-5-6-14(12-15)13-21-10-8-16(20)9-11-21/h5-7,12,16H,8-11,13,20H2,1-4H3. The van der Waals surface area contributed by atoms with Crippen LogP contribution in [0.3, 0.4) is 0 Å². The molecule has 3 rings (SSSR count). The number of benzene rings is 1. The Labute approximate surface area is 140 Å². The van der Waals surface area contributed by atoms with Crippen LogP contribution in [0, 0.1) is 0 Å². The maximum Gasteiger partial charge on any atom is 0.494 e. The molecule has 126 valence electrons. The lowest BCUT2D eigenvalue weighted by Gasteiger charge is -2.32. The summed E-state index contributed by atoms with van der Waals surface area (Å²) < 4.78 is 12.3. The summed E-state index contributed by atoms with van der Waals surface area (Å²) in [6.45, 7) is 11.5. The molecule has 23 heavy (non-hydrogen) atoms. The van der Waals surface area contributed by atoms with Crippen LogP contribution in [-0.2, 0) is 15.9 Å². The van der Waals surface area contributed by atoms with E-state index >= 15 is 0 Å². The number of hydrogen-bond acceptors (Lipinski definition) is 4. The van der Waals surface area contributed by atoms with Crippen LogP contribution in [0.2, 0.25) is 0 Å². The predicted molar refractivity (Wildman–Crippen MR) is 94.6 cm³/mol. The van der Waals surface area contributed by atoms with Gasteiger partial charge >= 0.3 is 7.12 Å². The largest absolute Gasteiger partial charge is 0.494 e. The van der Waals surface area contributed by atoms with E-state index in [2.05, 4.69) is 56.9 Å². The average Bonchev–Trinajstić information content (AvgIpc) is 2.70. The van der Waals surface area contributed by atoms with E-state index in [0.717, 1.165) is 37.9 Å². The van der Waals surface area contributed by atoms with Crippen LogP contribution in [0.25, 0.3) is 0 Å². The van der Waals surface area contributed by atoms with Crippen LogP contribution in [0.4, 0.5) is 0 Å². The molecular weight excluding hydrogens is 287 g/mol. The van der Waals surface area contributed by atoms with Crippen molar-refractivity contribution in [1.29, 1.82) is 0 Å². The summed E-state index contributed by atoms with van der Waals surface area (Å²) in [4.78, 5) is 2.48. The summed E-state index contributed by atoms with van der Waals surface area (Å²) in [7, 11) is -0.283. The lowest BCUT2D eigenvalue weighted by Crippen LogP contribution is -2.41. The molecule has 0 amide bonds. The molecule has 5 heteroatoms. The van der Waals surface area contributed by atoms with Crippen molar-refractivity contribution in [3.8, 4) is 0 Å². The molecule has 1 aromatic rings. The molecule has 2 saturated heterocycles. The first kappa shape index (κ1) is 17.0. The molecule has 2 heterocycles. The molecule has 2 fully saturated rings. The Morgan fingerprint density at radius 1 is 1.13 bits per heavy atom. The van der Waals surface area contributed by atoms with Gasteiger partial charge in [0.25, 0.3) is 0 Å². The Balaban J connectivity index is 1.69. The number of rotatable bonds is 3. The third-order valence-electron chi connectivity index (χ3n) is 5.51. The van der Waals surface area contributed by atoms with Gasteiger partial charge in [0.2, 0.25) is 0 Å². The summed E-state index contributed by atoms with van der Waals surface area (Å²) >= 11 is 0. The van der Waals surface area contributed by atoms with E-state index in [1.54, 1.807) is 0 Å². The average molecular weight is 316 g/mol. The van der Waals surface area contributed by atoms with Crippen LogP contribution in [0.15, 0.2) is 24.3 Å². The van der Waals surface area contributed by atoms with Gasteiger partial charge in [0.1, 0.15) is 0 Å². The fourth-order valence-electron chi connectivity index (χ4n) is 3.19. The number of hydrogen-bond donors (Lipinski definition) is 1. The summed E-state index contributed by atoms with van der Waals surface area (Å²) in [6, 6.07) is 8.98. The molecule has 2 aliphatic heterocycles. The molecule has 0 unspecified atom stereocenters. The molecule has 0 spiro atoms. The zero-order chi connectivity index (χ0) is 16.7. The Bertz CT molecular complexity index is 538. The monoisotopic (exact) mass is 316 g/mol. The highest BCUT2D eigenvalue weighted by atomic mass is 16.7. The van der Waals surface area contributed by atoms with E-state index in [9.17, 15) is 0 Å². The molecule has 2 N–H and O–H groups in total. The topological polar surface area (TPSA) is 47.7 Å². The first-order valence-corrected chi connectivity index (χ1v) is 8.69. The van der Waals surface area contributed by atoms with Crippen LogP contribution < -0.4 is 11.2 Å². The second-order valence-corrected chi connectivity index (χ2v) is 7.95. The second-order valence-electron chi connectivity index (χ2n) is 7.95. The number of piperidine rings is 1. The zero-order valence-electron chi connectivity index (χ0n) is 14.8. The van der Waals surface area contributed by atoms with E-state index in [-0.39, 0.29) is 18.3 Å². The van der Waals surface area contributed by atoms with Crippen molar-refractivity contribution in [2.75, 3.05) is 13.1 Å². The maximum absolute atomic E-state index is 6.16. The smallest absolute Gasteiger partial charge is 0.399 e. The second kappa shape index (κ2) is 6.21. The summed E-state index contributed by atoms with van der Waals surface area (Å²) in [5.74, 6) is 0. The molecular formula is C18H29BN2O2. The van der Waals surface area contributed by atoms with Gasteiger partial charge in [-0.1, -0.05) is 24.3 Å². The van der Waals surface area contributed by atoms with Crippen LogP contribution in [-0.4, -0.2) is 42.4 Å². The first-order valence-electron chi connectivity index (χ1n) is 8.69. The van der Waals surface area contributed by atoms with E-state index in [0.29, 0.717) is 6.04 Å². The molecule has 0 atom stereocenters. The third-order valence-corrected chi connectivity index (χ3v) is 5.51. The molecule has 1 aromatic carbocycles. The van der Waals surface area contributed by atoms with Crippen molar-refractivity contribution >= 4 is 12.6 Å². The number of nitrogens with two attached hydrogens (primary N) is 1. The normalized spacial score (nSPS) is 25.0. The molecule has 4 nitrogen and oxygen atoms in total. The van der Waals surface area contributed by atoms with Crippen molar-refractivity contribution < 1.29 is 9.31 Å². The maximum atomic E-state index is 6.16. The summed E-state index contributed by atoms with van der Waals surface area (Å²) in [5, 5.41) is 0. The fourth-order valence-corrected chi connectivity index (χ4v) is 3.19. The lowest BCUT2D eigenvalue weighted by atomic mass is 9.78. The Hall–Kier alpha value is -0.875. The van der Waals surface area contributed by atoms with Gasteiger partial charge in [0.05, 0.1) is 11.2 Å². The van der Waals surface area contributed by atoms with Crippen molar-refractivity contribution in [3.63, 3.8) is 0 Å². The van der Waals surface area contributed by atoms with E-state index in [1.807, 2.05) is 0 Å². The molecule has 0 saturated carbocycles. The minimum atomic E-state index is -0.295. The van der Waals surface area contributed by atoms with E-state index < -0.39 is 0 Å². The van der Waals surface area contributed by atoms with Crippen LogP contribution >= 0.6 is 0 Å². The van der Waals surface area contributed by atoms with Gasteiger partial charge in [0, 0.05) is 12.6 Å². The number of likely N-dealkylation sites (tertiary alicyclic amines) is 1. The summed E-state index contributed by atoms with van der Waals surface area (Å²) in [6.07, 6.45) is 2.19. The van der Waals surface area contributed by atoms with Gasteiger partial charge in [-0.25, -0.2) is 0 Å². The highest BCUT2D eigenvalue weighted by Crippen LogP contribution is 2.36. The van der Waals surface area contributed by atoms with Crippen LogP contribution in [0.5, 0.6) is 0 Å². The molecule has 0 aromatic heterocycles. The molecule has 0 aliphatic carbocycles. The number of nitrogens with zero attached hydrogens (tertiary/aromatic N) is 1. The minimum absolute atomic E-state index is 0.283. The first-order chi connectivity index (χ1) is 10.8. The fraction of sp³-hybridized carbons (Fsp3) is 0.667. The van der Waals surface area contributed by atoms with Gasteiger partial charge < -0.3 is 15.0 Å². The van der Waals surface area contributed by atoms with Crippen molar-refractivity contribution in [1.82, 2.24) is 4.90 Å². The van der Waals surface area contributed by atoms with Crippen molar-refractivity contribution in [3.05, 3.63) is 29.8 Å². The predicted octanol–water partition coefficient (Wildman–Crippen LogP) is 1.91. The minimum Gasteiger partial charge on any atom is -0.399 e. The van der Waals surface area contributed by atoms with Gasteiger partial charge in [-0.15, -0.1) is 0 Å². The lowest BCUT2D eigenvalue weighted by molar-refractivity contribution is 0.00578.